The molecule has 0 spiro atoms. The van der Waals surface area contributed by atoms with E-state index in [-0.39, 0.29) is 22.6 Å². The maximum atomic E-state index is 12.7. The van der Waals surface area contributed by atoms with E-state index in [1.165, 1.54) is 24.3 Å². The summed E-state index contributed by atoms with van der Waals surface area (Å²) in [5.74, 6) is -0.821. The number of aromatic nitrogens is 1. The third-order valence-electron chi connectivity index (χ3n) is 3.69. The Kier molecular flexibility index (Phi) is 9.00. The predicted molar refractivity (Wildman–Crippen MR) is 111 cm³/mol. The van der Waals surface area contributed by atoms with Gasteiger partial charge < -0.3 is 14.2 Å². The molecule has 0 aliphatic heterocycles. The van der Waals surface area contributed by atoms with E-state index in [0.717, 1.165) is 6.20 Å². The van der Waals surface area contributed by atoms with Crippen LogP contribution in [0.25, 0.3) is 0 Å². The monoisotopic (exact) mass is 473 g/mol. The zero-order valence-electron chi connectivity index (χ0n) is 17.5. The molecule has 2 amide bonds. The van der Waals surface area contributed by atoms with Crippen molar-refractivity contribution in [1.82, 2.24) is 15.8 Å². The van der Waals surface area contributed by atoms with E-state index < -0.39 is 34.1 Å². The second-order valence-electron chi connectivity index (χ2n) is 5.91. The number of nitrogens with one attached hydrogen (secondary N) is 2. The van der Waals surface area contributed by atoms with Crippen LogP contribution in [-0.2, 0) is 0 Å². The molecule has 12 heteroatoms. The summed E-state index contributed by atoms with van der Waals surface area (Å²) in [6, 6.07) is 5.30. The Balaban J connectivity index is 2.22. The van der Waals surface area contributed by atoms with Crippen molar-refractivity contribution < 1.29 is 37.0 Å². The maximum absolute atomic E-state index is 12.7. The summed E-state index contributed by atoms with van der Waals surface area (Å²) >= 11 is -0.524. The largest absolute Gasteiger partial charge is 0.490 e. The summed E-state index contributed by atoms with van der Waals surface area (Å²) in [6.07, 6.45) is 1.13. The Morgan fingerprint density at radius 2 is 1.53 bits per heavy atom. The average molecular weight is 473 g/mol. The van der Waals surface area contributed by atoms with Crippen LogP contribution in [0, 0.1) is 0 Å². The fourth-order valence-electron chi connectivity index (χ4n) is 2.53. The van der Waals surface area contributed by atoms with Gasteiger partial charge in [-0.1, -0.05) is 0 Å². The minimum Gasteiger partial charge on any atom is -0.490 e. The molecule has 1 heterocycles. The summed E-state index contributed by atoms with van der Waals surface area (Å²) in [7, 11) is 0. The Labute approximate surface area is 186 Å². The molecule has 0 saturated heterocycles. The first kappa shape index (κ1) is 25.1. The van der Waals surface area contributed by atoms with Crippen LogP contribution in [-0.4, -0.2) is 42.1 Å². The third kappa shape index (κ3) is 6.94. The summed E-state index contributed by atoms with van der Waals surface area (Å²) in [5.41, 5.74) is -0.623. The van der Waals surface area contributed by atoms with Crippen molar-refractivity contribution >= 4 is 23.6 Å². The van der Waals surface area contributed by atoms with Crippen molar-refractivity contribution in [2.45, 2.75) is 31.3 Å². The molecule has 0 bridgehead atoms. The maximum Gasteiger partial charge on any atom is 0.447 e. The van der Waals surface area contributed by atoms with Crippen LogP contribution in [0.15, 0.2) is 35.5 Å². The average Bonchev–Trinajstić information content (AvgIpc) is 2.73. The Bertz CT molecular complexity index is 929. The van der Waals surface area contributed by atoms with Crippen molar-refractivity contribution in [3.05, 3.63) is 41.6 Å². The molecule has 2 aromatic rings. The molecule has 2 N–H and O–H groups in total. The highest BCUT2D eigenvalue weighted by molar-refractivity contribution is 8.00. The predicted octanol–water partition coefficient (Wildman–Crippen LogP) is 3.96. The van der Waals surface area contributed by atoms with Crippen LogP contribution >= 0.6 is 11.8 Å². The number of pyridine rings is 1. The molecule has 0 aliphatic carbocycles. The number of ether oxygens (including phenoxy) is 3. The van der Waals surface area contributed by atoms with Gasteiger partial charge in [-0.05, 0) is 45.0 Å². The van der Waals surface area contributed by atoms with Crippen LogP contribution < -0.4 is 25.1 Å². The molecule has 0 unspecified atom stereocenters. The summed E-state index contributed by atoms with van der Waals surface area (Å²) in [4.78, 5) is 28.5. The highest BCUT2D eigenvalue weighted by Crippen LogP contribution is 2.39. The van der Waals surface area contributed by atoms with Crippen molar-refractivity contribution in [2.75, 3.05) is 19.8 Å². The number of alkyl halides is 3. The Hall–Kier alpha value is -3.15. The van der Waals surface area contributed by atoms with E-state index >= 15 is 0 Å². The van der Waals surface area contributed by atoms with Gasteiger partial charge in [0.05, 0.1) is 25.4 Å². The smallest absolute Gasteiger partial charge is 0.447 e. The first-order valence-electron chi connectivity index (χ1n) is 9.58. The number of thioether (sulfide) groups is 1. The summed E-state index contributed by atoms with van der Waals surface area (Å²) in [6.45, 7) is 6.24. The molecule has 174 valence electrons. The second-order valence-corrected chi connectivity index (χ2v) is 6.97. The SMILES string of the molecule is CCOc1cc(C(=O)NNC(=O)c2cccnc2SC(F)(F)F)cc(OCC)c1OCC. The van der Waals surface area contributed by atoms with Gasteiger partial charge in [0.25, 0.3) is 11.8 Å². The van der Waals surface area contributed by atoms with Crippen LogP contribution in [0.4, 0.5) is 13.2 Å². The van der Waals surface area contributed by atoms with E-state index in [0.29, 0.717) is 25.6 Å². The van der Waals surface area contributed by atoms with Gasteiger partial charge in [-0.25, -0.2) is 4.98 Å². The number of halogens is 3. The van der Waals surface area contributed by atoms with Gasteiger partial charge >= 0.3 is 5.51 Å². The number of carbonyl (C=O) groups is 2. The number of amides is 2. The second kappa shape index (κ2) is 11.5. The lowest BCUT2D eigenvalue weighted by molar-refractivity contribution is -0.0329. The fraction of sp³-hybridized carbons (Fsp3) is 0.350. The third-order valence-corrected chi connectivity index (χ3v) is 4.44. The molecule has 0 saturated carbocycles. The lowest BCUT2D eigenvalue weighted by Gasteiger charge is -2.17. The Morgan fingerprint density at radius 1 is 0.969 bits per heavy atom. The molecule has 32 heavy (non-hydrogen) atoms. The molecule has 8 nitrogen and oxygen atoms in total. The molecule has 1 aromatic carbocycles. The van der Waals surface area contributed by atoms with Crippen LogP contribution in [0.3, 0.4) is 0 Å². The lowest BCUT2D eigenvalue weighted by atomic mass is 10.1. The molecule has 0 aliphatic rings. The summed E-state index contributed by atoms with van der Waals surface area (Å²) in [5, 5.41) is -0.537. The van der Waals surface area contributed by atoms with Crippen LogP contribution in [0.5, 0.6) is 17.2 Å². The molecule has 1 aromatic heterocycles. The molecular formula is C20H22F3N3O5S. The van der Waals surface area contributed by atoms with Gasteiger partial charge in [-0.15, -0.1) is 0 Å². The van der Waals surface area contributed by atoms with E-state index in [1.54, 1.807) is 20.8 Å². The zero-order chi connectivity index (χ0) is 23.7. The van der Waals surface area contributed by atoms with Crippen molar-refractivity contribution in [2.24, 2.45) is 0 Å². The quantitative estimate of drug-likeness (QED) is 0.420. The minimum atomic E-state index is -4.62. The number of benzene rings is 1. The minimum absolute atomic E-state index is 0.0803. The number of hydrogen-bond acceptors (Lipinski definition) is 7. The van der Waals surface area contributed by atoms with Crippen molar-refractivity contribution in [3.8, 4) is 17.2 Å². The summed E-state index contributed by atoms with van der Waals surface area (Å²) < 4.78 is 54.7. The number of hydrogen-bond donors (Lipinski definition) is 2. The normalized spacial score (nSPS) is 10.9. The van der Waals surface area contributed by atoms with Crippen molar-refractivity contribution in [3.63, 3.8) is 0 Å². The Morgan fingerprint density at radius 3 is 2.06 bits per heavy atom. The molecule has 0 atom stereocenters. The number of nitrogens with zero attached hydrogens (tertiary/aromatic N) is 1. The van der Waals surface area contributed by atoms with Gasteiger partial charge in [-0.3, -0.25) is 20.4 Å². The number of carbonyl (C=O) groups excluding carboxylic acids is 2. The van der Waals surface area contributed by atoms with E-state index in [9.17, 15) is 22.8 Å². The van der Waals surface area contributed by atoms with Gasteiger partial charge in [0.1, 0.15) is 5.03 Å². The van der Waals surface area contributed by atoms with Gasteiger partial charge in [0.2, 0.25) is 5.75 Å². The van der Waals surface area contributed by atoms with Crippen LogP contribution in [0.1, 0.15) is 41.5 Å². The lowest BCUT2D eigenvalue weighted by Crippen LogP contribution is -2.42. The molecule has 0 fully saturated rings. The highest BCUT2D eigenvalue weighted by Gasteiger charge is 2.32. The van der Waals surface area contributed by atoms with Crippen molar-refractivity contribution in [1.29, 1.82) is 0 Å². The zero-order valence-corrected chi connectivity index (χ0v) is 18.4. The first-order chi connectivity index (χ1) is 15.2. The molecule has 0 radical (unpaired) electrons. The van der Waals surface area contributed by atoms with Crippen LogP contribution in [0.2, 0.25) is 0 Å². The first-order valence-corrected chi connectivity index (χ1v) is 10.4. The number of rotatable bonds is 9. The number of hydrazine groups is 1. The van der Waals surface area contributed by atoms with Gasteiger partial charge in [0.15, 0.2) is 11.5 Å². The van der Waals surface area contributed by atoms with E-state index in [4.69, 9.17) is 14.2 Å². The standard InChI is InChI=1S/C20H22F3N3O5S/c1-4-29-14-10-12(11-15(30-5-2)16(14)31-6-3)17(27)25-26-18(28)13-8-7-9-24-19(13)32-20(21,22)23/h7-11H,4-6H2,1-3H3,(H,25,27)(H,26,28). The van der Waals surface area contributed by atoms with E-state index in [2.05, 4.69) is 15.8 Å². The molecule has 2 rings (SSSR count). The van der Waals surface area contributed by atoms with Gasteiger partial charge in [-0.2, -0.15) is 13.2 Å². The van der Waals surface area contributed by atoms with E-state index in [1.807, 2.05) is 0 Å². The highest BCUT2D eigenvalue weighted by atomic mass is 32.2. The fourth-order valence-corrected chi connectivity index (χ4v) is 3.13. The topological polar surface area (TPSA) is 98.8 Å². The molecular weight excluding hydrogens is 451 g/mol. The van der Waals surface area contributed by atoms with Gasteiger partial charge in [0, 0.05) is 23.5 Å².